The average molecular weight is 467 g/mol. The van der Waals surface area contributed by atoms with Gasteiger partial charge >= 0.3 is 12.1 Å². The van der Waals surface area contributed by atoms with Crippen LogP contribution in [0.5, 0.6) is 0 Å². The second kappa shape index (κ2) is 13.5. The van der Waals surface area contributed by atoms with Crippen LogP contribution in [0.25, 0.3) is 0 Å². The van der Waals surface area contributed by atoms with Crippen molar-refractivity contribution in [3.63, 3.8) is 0 Å². The Labute approximate surface area is 186 Å². The highest BCUT2D eigenvalue weighted by molar-refractivity contribution is 8.76. The lowest BCUT2D eigenvalue weighted by Gasteiger charge is -2.25. The van der Waals surface area contributed by atoms with E-state index in [9.17, 15) is 14.4 Å². The molecule has 1 rings (SSSR count). The molecule has 168 valence electrons. The van der Waals surface area contributed by atoms with E-state index in [2.05, 4.69) is 5.32 Å². The van der Waals surface area contributed by atoms with E-state index in [-0.39, 0.29) is 23.3 Å². The van der Waals surface area contributed by atoms with Crippen LogP contribution in [0.1, 0.15) is 52.9 Å². The SMILES string of the molecule is CSCCC(CSSCC1(C(N)=O)CCCC1)NC(=O)OC(C)OC(=O)C(C)C. The van der Waals surface area contributed by atoms with Gasteiger partial charge in [-0.15, -0.1) is 0 Å². The maximum atomic E-state index is 12.2. The van der Waals surface area contributed by atoms with Crippen LogP contribution in [0.2, 0.25) is 0 Å². The van der Waals surface area contributed by atoms with E-state index in [0.29, 0.717) is 11.5 Å². The van der Waals surface area contributed by atoms with Crippen LogP contribution in [0.3, 0.4) is 0 Å². The largest absolute Gasteiger partial charge is 0.425 e. The normalized spacial score (nSPS) is 17.6. The lowest BCUT2D eigenvalue weighted by molar-refractivity contribution is -0.168. The molecule has 0 aromatic rings. The molecule has 0 radical (unpaired) electrons. The third kappa shape index (κ3) is 9.74. The van der Waals surface area contributed by atoms with Crippen molar-refractivity contribution in [1.29, 1.82) is 0 Å². The zero-order valence-corrected chi connectivity index (χ0v) is 20.2. The number of carbonyl (C=O) groups excluding carboxylic acids is 3. The first kappa shape index (κ1) is 26.3. The topological polar surface area (TPSA) is 108 Å². The summed E-state index contributed by atoms with van der Waals surface area (Å²) in [4.78, 5) is 35.6. The maximum Gasteiger partial charge on any atom is 0.410 e. The van der Waals surface area contributed by atoms with E-state index in [1.165, 1.54) is 6.92 Å². The number of amides is 2. The Bertz CT molecular complexity index is 542. The second-order valence-electron chi connectivity index (χ2n) is 7.59. The number of thioether (sulfide) groups is 1. The first-order valence-corrected chi connectivity index (χ1v) is 13.8. The van der Waals surface area contributed by atoms with Crippen LogP contribution in [-0.4, -0.2) is 53.8 Å². The summed E-state index contributed by atoms with van der Waals surface area (Å²) >= 11 is 1.71. The minimum absolute atomic E-state index is 0.0754. The van der Waals surface area contributed by atoms with E-state index in [1.807, 2.05) is 6.26 Å². The Kier molecular flexibility index (Phi) is 12.3. The predicted molar refractivity (Wildman–Crippen MR) is 122 cm³/mol. The fourth-order valence-electron chi connectivity index (χ4n) is 2.93. The number of rotatable bonds is 13. The van der Waals surface area contributed by atoms with Crippen LogP contribution in [0.15, 0.2) is 0 Å². The van der Waals surface area contributed by atoms with Crippen LogP contribution in [-0.2, 0) is 19.1 Å². The van der Waals surface area contributed by atoms with Crippen molar-refractivity contribution < 1.29 is 23.9 Å². The highest BCUT2D eigenvalue weighted by Gasteiger charge is 2.39. The molecule has 1 aliphatic rings. The lowest BCUT2D eigenvalue weighted by Crippen LogP contribution is -2.39. The fourth-order valence-corrected chi connectivity index (χ4v) is 6.41. The van der Waals surface area contributed by atoms with Crippen molar-refractivity contribution in [1.82, 2.24) is 5.32 Å². The predicted octanol–water partition coefficient (Wildman–Crippen LogP) is 3.81. The van der Waals surface area contributed by atoms with E-state index < -0.39 is 18.4 Å². The van der Waals surface area contributed by atoms with Gasteiger partial charge in [0.05, 0.1) is 11.3 Å². The fraction of sp³-hybridized carbons (Fsp3) is 0.842. The van der Waals surface area contributed by atoms with Gasteiger partial charge in [-0.3, -0.25) is 9.59 Å². The molecule has 0 bridgehead atoms. The molecular weight excluding hydrogens is 432 g/mol. The molecule has 0 aromatic heterocycles. The molecule has 0 spiro atoms. The number of nitrogens with one attached hydrogen (secondary N) is 1. The Morgan fingerprint density at radius 1 is 1.10 bits per heavy atom. The number of alkyl carbamates (subject to hydrolysis) is 1. The van der Waals surface area contributed by atoms with Gasteiger partial charge in [-0.1, -0.05) is 48.3 Å². The Morgan fingerprint density at radius 3 is 2.31 bits per heavy atom. The van der Waals surface area contributed by atoms with Crippen LogP contribution < -0.4 is 11.1 Å². The molecule has 0 saturated heterocycles. The van der Waals surface area contributed by atoms with Gasteiger partial charge in [-0.05, 0) is 31.3 Å². The summed E-state index contributed by atoms with van der Waals surface area (Å²) < 4.78 is 10.2. The molecule has 1 aliphatic carbocycles. The molecule has 1 fully saturated rings. The minimum Gasteiger partial charge on any atom is -0.425 e. The molecule has 2 unspecified atom stereocenters. The molecular formula is C19H34N2O5S3. The highest BCUT2D eigenvalue weighted by atomic mass is 33.1. The summed E-state index contributed by atoms with van der Waals surface area (Å²) in [5.41, 5.74) is 5.25. The summed E-state index contributed by atoms with van der Waals surface area (Å²) in [6, 6.07) is -0.0754. The third-order valence-corrected chi connectivity index (χ3v) is 8.07. The smallest absolute Gasteiger partial charge is 0.410 e. The van der Waals surface area contributed by atoms with E-state index in [1.54, 1.807) is 47.2 Å². The van der Waals surface area contributed by atoms with Gasteiger partial charge in [0, 0.05) is 24.5 Å². The molecule has 10 heteroatoms. The molecule has 0 aromatic carbocycles. The summed E-state index contributed by atoms with van der Waals surface area (Å²) in [5, 5.41) is 2.85. The summed E-state index contributed by atoms with van der Waals surface area (Å²) in [7, 11) is 3.27. The number of nitrogens with two attached hydrogens (primary N) is 1. The van der Waals surface area contributed by atoms with Crippen LogP contribution in [0.4, 0.5) is 4.79 Å². The number of esters is 1. The van der Waals surface area contributed by atoms with Crippen molar-refractivity contribution >= 4 is 51.3 Å². The molecule has 29 heavy (non-hydrogen) atoms. The lowest BCUT2D eigenvalue weighted by atomic mass is 9.88. The Balaban J connectivity index is 2.43. The van der Waals surface area contributed by atoms with Crippen molar-refractivity contribution in [3.8, 4) is 0 Å². The molecule has 2 amide bonds. The second-order valence-corrected chi connectivity index (χ2v) is 11.1. The molecule has 0 aliphatic heterocycles. The van der Waals surface area contributed by atoms with Crippen LogP contribution in [0, 0.1) is 11.3 Å². The molecule has 3 N–H and O–H groups in total. The molecule has 7 nitrogen and oxygen atoms in total. The van der Waals surface area contributed by atoms with Crippen molar-refractivity contribution in [2.75, 3.05) is 23.5 Å². The summed E-state index contributed by atoms with van der Waals surface area (Å²) in [5.74, 6) is 1.40. The minimum atomic E-state index is -0.939. The van der Waals surface area contributed by atoms with Crippen molar-refractivity contribution in [2.24, 2.45) is 17.1 Å². The average Bonchev–Trinajstić information content (AvgIpc) is 3.12. The van der Waals surface area contributed by atoms with Crippen molar-refractivity contribution in [2.45, 2.75) is 65.2 Å². The molecule has 1 saturated carbocycles. The van der Waals surface area contributed by atoms with Gasteiger partial charge in [-0.25, -0.2) is 4.79 Å². The van der Waals surface area contributed by atoms with Crippen molar-refractivity contribution in [3.05, 3.63) is 0 Å². The first-order valence-electron chi connectivity index (χ1n) is 9.91. The van der Waals surface area contributed by atoms with Gasteiger partial charge in [0.2, 0.25) is 12.2 Å². The quantitative estimate of drug-likeness (QED) is 0.183. The van der Waals surface area contributed by atoms with Crippen LogP contribution >= 0.6 is 33.3 Å². The van der Waals surface area contributed by atoms with Gasteiger partial charge in [0.15, 0.2) is 0 Å². The Hall–Kier alpha value is -0.740. The van der Waals surface area contributed by atoms with E-state index >= 15 is 0 Å². The van der Waals surface area contributed by atoms with E-state index in [4.69, 9.17) is 15.2 Å². The molecule has 2 atom stereocenters. The zero-order chi connectivity index (χ0) is 21.9. The zero-order valence-electron chi connectivity index (χ0n) is 17.7. The number of hydrogen-bond acceptors (Lipinski definition) is 8. The highest BCUT2D eigenvalue weighted by Crippen LogP contribution is 2.43. The van der Waals surface area contributed by atoms with Gasteiger partial charge < -0.3 is 20.5 Å². The number of carbonyl (C=O) groups is 3. The first-order chi connectivity index (χ1) is 13.7. The molecule has 0 heterocycles. The van der Waals surface area contributed by atoms with Gasteiger partial charge in [0.1, 0.15) is 0 Å². The monoisotopic (exact) mass is 466 g/mol. The summed E-state index contributed by atoms with van der Waals surface area (Å²) in [6.45, 7) is 4.96. The number of ether oxygens (including phenoxy) is 2. The maximum absolute atomic E-state index is 12.2. The standard InChI is InChI=1S/C19H34N2O5S3/c1-13(2)16(22)25-14(3)26-18(24)21-15(7-10-27-4)11-28-29-12-19(17(20)23)8-5-6-9-19/h13-15H,5-12H2,1-4H3,(H2,20,23)(H,21,24). The van der Waals surface area contributed by atoms with E-state index in [0.717, 1.165) is 37.9 Å². The van der Waals surface area contributed by atoms with Gasteiger partial charge in [0.25, 0.3) is 0 Å². The van der Waals surface area contributed by atoms with Gasteiger partial charge in [-0.2, -0.15) is 11.8 Å². The summed E-state index contributed by atoms with van der Waals surface area (Å²) in [6.07, 6.45) is 5.11. The Morgan fingerprint density at radius 2 is 1.76 bits per heavy atom. The number of primary amides is 1. The third-order valence-electron chi connectivity index (χ3n) is 4.79. The number of hydrogen-bond donors (Lipinski definition) is 2.